The molecule has 0 radical (unpaired) electrons. The van der Waals surface area contributed by atoms with Gasteiger partial charge in [0.25, 0.3) is 10.0 Å². The van der Waals surface area contributed by atoms with E-state index in [1.165, 1.54) is 42.5 Å². The Morgan fingerprint density at radius 2 is 1.70 bits per heavy atom. The average molecular weight is 480 g/mol. The molecule has 0 atom stereocenters. The van der Waals surface area contributed by atoms with E-state index in [1.807, 2.05) is 0 Å². The van der Waals surface area contributed by atoms with Crippen molar-refractivity contribution in [3.63, 3.8) is 0 Å². The number of anilines is 1. The molecule has 0 aliphatic heterocycles. The molecule has 6 nitrogen and oxygen atoms in total. The second kappa shape index (κ2) is 7.88. The highest BCUT2D eigenvalue weighted by Crippen LogP contribution is 2.27. The molecule has 0 unspecified atom stereocenters. The zero-order valence-corrected chi connectivity index (χ0v) is 18.0. The van der Waals surface area contributed by atoms with Crippen molar-refractivity contribution in [2.75, 3.05) is 4.72 Å². The average Bonchev–Trinajstić information content (AvgIpc) is 3.15. The molecule has 2 heterocycles. The Morgan fingerprint density at radius 1 is 0.967 bits per heavy atom. The third-order valence-corrected chi connectivity index (χ3v) is 7.49. The summed E-state index contributed by atoms with van der Waals surface area (Å²) in [6.45, 7) is 0. The minimum atomic E-state index is -3.79. The molecule has 0 aliphatic rings. The first-order chi connectivity index (χ1) is 14.2. The summed E-state index contributed by atoms with van der Waals surface area (Å²) >= 11 is 12.7. The minimum absolute atomic E-state index is 0.0695. The molecule has 2 aromatic heterocycles. The number of fused-ring (bicyclic) bond motifs is 1. The molecule has 0 spiro atoms. The standard InChI is InChI=1S/C20H11Cl2NO5S2/c21-13-3-6-16-12(9-13)10-15(20(25)28-16)19(24)11-1-4-14(5-2-11)23-30(26,27)18-8-7-17(22)29-18/h1-10,23H. The Bertz CT molecular complexity index is 1440. The lowest BCUT2D eigenvalue weighted by Gasteiger charge is -2.07. The van der Waals surface area contributed by atoms with Gasteiger partial charge in [-0.3, -0.25) is 9.52 Å². The van der Waals surface area contributed by atoms with Crippen LogP contribution >= 0.6 is 34.5 Å². The third kappa shape index (κ3) is 4.13. The number of sulfonamides is 1. The zero-order valence-electron chi connectivity index (χ0n) is 14.9. The van der Waals surface area contributed by atoms with E-state index in [0.29, 0.717) is 20.3 Å². The molecule has 0 saturated heterocycles. The molecule has 152 valence electrons. The second-order valence-electron chi connectivity index (χ2n) is 6.20. The lowest BCUT2D eigenvalue weighted by atomic mass is 10.0. The van der Waals surface area contributed by atoms with Crippen molar-refractivity contribution < 1.29 is 17.6 Å². The quantitative estimate of drug-likeness (QED) is 0.313. The molecule has 30 heavy (non-hydrogen) atoms. The molecule has 0 amide bonds. The first kappa shape index (κ1) is 20.6. The lowest BCUT2D eigenvalue weighted by Crippen LogP contribution is -2.15. The number of ketones is 1. The van der Waals surface area contributed by atoms with Gasteiger partial charge in [0.05, 0.1) is 4.34 Å². The molecule has 0 fully saturated rings. The molecule has 1 N–H and O–H groups in total. The van der Waals surface area contributed by atoms with Crippen molar-refractivity contribution >= 4 is 67.0 Å². The molecule has 4 rings (SSSR count). The van der Waals surface area contributed by atoms with Crippen LogP contribution in [0.2, 0.25) is 9.36 Å². The van der Waals surface area contributed by atoms with E-state index in [1.54, 1.807) is 18.2 Å². The van der Waals surface area contributed by atoms with Crippen LogP contribution in [-0.2, 0) is 10.0 Å². The molecule has 0 bridgehead atoms. The van der Waals surface area contributed by atoms with Gasteiger partial charge in [0.15, 0.2) is 5.78 Å². The fourth-order valence-corrected chi connectivity index (χ4v) is 5.47. The van der Waals surface area contributed by atoms with Gasteiger partial charge in [0.1, 0.15) is 15.4 Å². The predicted molar refractivity (Wildman–Crippen MR) is 118 cm³/mol. The highest BCUT2D eigenvalue weighted by molar-refractivity contribution is 7.94. The van der Waals surface area contributed by atoms with Crippen LogP contribution in [0, 0.1) is 0 Å². The fourth-order valence-electron chi connectivity index (χ4n) is 2.75. The molecule has 2 aromatic carbocycles. The maximum Gasteiger partial charge on any atom is 0.347 e. The third-order valence-electron chi connectivity index (χ3n) is 4.15. The molecule has 4 aromatic rings. The SMILES string of the molecule is O=C(c1ccc(NS(=O)(=O)c2ccc(Cl)s2)cc1)c1cc2cc(Cl)ccc2oc1=O. The van der Waals surface area contributed by atoms with Gasteiger partial charge in [0, 0.05) is 21.7 Å². The van der Waals surface area contributed by atoms with Gasteiger partial charge in [-0.05, 0) is 60.7 Å². The summed E-state index contributed by atoms with van der Waals surface area (Å²) in [6, 6.07) is 14.7. The number of hydrogen-bond donors (Lipinski definition) is 1. The zero-order chi connectivity index (χ0) is 21.5. The van der Waals surface area contributed by atoms with Crippen LogP contribution in [0.4, 0.5) is 5.69 Å². The van der Waals surface area contributed by atoms with Crippen LogP contribution in [0.3, 0.4) is 0 Å². The van der Waals surface area contributed by atoms with Crippen molar-refractivity contribution in [1.82, 2.24) is 0 Å². The summed E-state index contributed by atoms with van der Waals surface area (Å²) in [5, 5.41) is 0.961. The van der Waals surface area contributed by atoms with Gasteiger partial charge in [-0.25, -0.2) is 13.2 Å². The minimum Gasteiger partial charge on any atom is -0.422 e. The van der Waals surface area contributed by atoms with Gasteiger partial charge >= 0.3 is 5.63 Å². The molecule has 0 saturated carbocycles. The number of hydrogen-bond acceptors (Lipinski definition) is 6. The normalized spacial score (nSPS) is 11.5. The first-order valence-corrected chi connectivity index (χ1v) is 11.4. The molecular formula is C20H11Cl2NO5S2. The summed E-state index contributed by atoms with van der Waals surface area (Å²) in [5.74, 6) is -0.551. The number of rotatable bonds is 5. The Morgan fingerprint density at radius 3 is 2.37 bits per heavy atom. The maximum atomic E-state index is 12.8. The summed E-state index contributed by atoms with van der Waals surface area (Å²) in [4.78, 5) is 25.0. The van der Waals surface area contributed by atoms with Gasteiger partial charge in [0.2, 0.25) is 0 Å². The van der Waals surface area contributed by atoms with Gasteiger partial charge in [-0.2, -0.15) is 0 Å². The van der Waals surface area contributed by atoms with Crippen molar-refractivity contribution in [2.24, 2.45) is 0 Å². The van der Waals surface area contributed by atoms with Crippen LogP contribution < -0.4 is 10.3 Å². The van der Waals surface area contributed by atoms with E-state index in [2.05, 4.69) is 4.72 Å². The van der Waals surface area contributed by atoms with E-state index < -0.39 is 21.4 Å². The van der Waals surface area contributed by atoms with Crippen molar-refractivity contribution in [1.29, 1.82) is 0 Å². The van der Waals surface area contributed by atoms with Gasteiger partial charge in [-0.1, -0.05) is 23.2 Å². The first-order valence-electron chi connectivity index (χ1n) is 8.39. The van der Waals surface area contributed by atoms with Crippen LogP contribution in [-0.4, -0.2) is 14.2 Å². The number of carbonyl (C=O) groups is 1. The van der Waals surface area contributed by atoms with Gasteiger partial charge < -0.3 is 4.42 Å². The number of halogens is 2. The lowest BCUT2D eigenvalue weighted by molar-refractivity contribution is 0.103. The van der Waals surface area contributed by atoms with Crippen LogP contribution in [0.1, 0.15) is 15.9 Å². The van der Waals surface area contributed by atoms with E-state index in [4.69, 9.17) is 27.6 Å². The smallest absolute Gasteiger partial charge is 0.347 e. The Hall–Kier alpha value is -2.65. The topological polar surface area (TPSA) is 93.4 Å². The summed E-state index contributed by atoms with van der Waals surface area (Å²) in [7, 11) is -3.79. The van der Waals surface area contributed by atoms with E-state index in [0.717, 1.165) is 11.3 Å². The van der Waals surface area contributed by atoms with Gasteiger partial charge in [-0.15, -0.1) is 11.3 Å². The van der Waals surface area contributed by atoms with Crippen molar-refractivity contribution in [2.45, 2.75) is 4.21 Å². The summed E-state index contributed by atoms with van der Waals surface area (Å²) in [6.07, 6.45) is 0. The van der Waals surface area contributed by atoms with Crippen LogP contribution in [0.5, 0.6) is 0 Å². The number of carbonyl (C=O) groups excluding carboxylic acids is 1. The molecule has 0 aliphatic carbocycles. The maximum absolute atomic E-state index is 12.8. The second-order valence-corrected chi connectivity index (χ2v) is 10.3. The predicted octanol–water partition coefficient (Wildman–Crippen LogP) is 5.19. The Labute approximate surface area is 184 Å². The van der Waals surface area contributed by atoms with Crippen LogP contribution in [0.15, 0.2) is 74.1 Å². The Kier molecular flexibility index (Phi) is 5.42. The number of nitrogens with one attached hydrogen (secondary N) is 1. The largest absolute Gasteiger partial charge is 0.422 e. The fraction of sp³-hybridized carbons (Fsp3) is 0. The molecule has 10 heteroatoms. The monoisotopic (exact) mass is 479 g/mol. The summed E-state index contributed by atoms with van der Waals surface area (Å²) in [5.41, 5.74) is -0.140. The molecular weight excluding hydrogens is 469 g/mol. The number of benzene rings is 2. The van der Waals surface area contributed by atoms with Crippen molar-refractivity contribution in [3.05, 3.63) is 91.6 Å². The summed E-state index contributed by atoms with van der Waals surface area (Å²) < 4.78 is 32.8. The highest BCUT2D eigenvalue weighted by atomic mass is 35.5. The number of thiophene rings is 1. The van der Waals surface area contributed by atoms with Crippen molar-refractivity contribution in [3.8, 4) is 0 Å². The van der Waals surface area contributed by atoms with E-state index in [9.17, 15) is 18.0 Å². The highest BCUT2D eigenvalue weighted by Gasteiger charge is 2.19. The Balaban J connectivity index is 1.61. The van der Waals surface area contributed by atoms with E-state index in [-0.39, 0.29) is 21.0 Å². The van der Waals surface area contributed by atoms with Crippen LogP contribution in [0.25, 0.3) is 11.0 Å². The van der Waals surface area contributed by atoms with E-state index >= 15 is 0 Å².